The van der Waals surface area contributed by atoms with Crippen molar-refractivity contribution in [2.45, 2.75) is 31.3 Å². The highest BCUT2D eigenvalue weighted by Crippen LogP contribution is 2.23. The number of hydrogen-bond donors (Lipinski definition) is 2. The van der Waals surface area contributed by atoms with Crippen molar-refractivity contribution >= 4 is 21.4 Å². The molecule has 0 heterocycles. The van der Waals surface area contributed by atoms with E-state index in [4.69, 9.17) is 5.14 Å². The van der Waals surface area contributed by atoms with Crippen LogP contribution in [0.5, 0.6) is 0 Å². The number of rotatable bonds is 7. The van der Waals surface area contributed by atoms with Crippen LogP contribution in [0.4, 0.5) is 10.1 Å². The van der Waals surface area contributed by atoms with Gasteiger partial charge in [-0.3, -0.25) is 4.99 Å². The van der Waals surface area contributed by atoms with Crippen LogP contribution < -0.4 is 10.5 Å². The number of nitrogens with zero attached hydrogens (tertiary/aromatic N) is 1. The lowest BCUT2D eigenvalue weighted by atomic mass is 10.1. The molecule has 0 unspecified atom stereocenters. The minimum absolute atomic E-state index is 0.000720. The largest absolute Gasteiger partial charge is 0.360 e. The number of halogens is 1. The number of primary sulfonamides is 1. The third kappa shape index (κ3) is 5.75. The maximum absolute atomic E-state index is 14.3. The van der Waals surface area contributed by atoms with Gasteiger partial charge < -0.3 is 5.32 Å². The van der Waals surface area contributed by atoms with Crippen LogP contribution in [0, 0.1) is 0 Å². The Kier molecular flexibility index (Phi) is 6.22. The Labute approximate surface area is 142 Å². The fourth-order valence-corrected chi connectivity index (χ4v) is 2.14. The number of benzene rings is 1. The van der Waals surface area contributed by atoms with Crippen LogP contribution in [0.25, 0.3) is 0 Å². The van der Waals surface area contributed by atoms with Crippen molar-refractivity contribution in [2.75, 3.05) is 5.32 Å². The van der Waals surface area contributed by atoms with Crippen LogP contribution in [0.3, 0.4) is 0 Å². The zero-order valence-corrected chi connectivity index (χ0v) is 14.8. The van der Waals surface area contributed by atoms with Gasteiger partial charge in [-0.2, -0.15) is 0 Å². The number of allylic oxidation sites excluding steroid dienone is 3. The van der Waals surface area contributed by atoms with Gasteiger partial charge in [0.15, 0.2) is 0 Å². The molecule has 0 aromatic heterocycles. The third-order valence-electron chi connectivity index (χ3n) is 3.17. The summed E-state index contributed by atoms with van der Waals surface area (Å²) >= 11 is 0. The molecule has 7 heteroatoms. The zero-order chi connectivity index (χ0) is 18.5. The van der Waals surface area contributed by atoms with Crippen molar-refractivity contribution in [3.05, 3.63) is 61.0 Å². The highest BCUT2D eigenvalue weighted by atomic mass is 32.2. The molecule has 24 heavy (non-hydrogen) atoms. The van der Waals surface area contributed by atoms with Crippen LogP contribution in [0.2, 0.25) is 0 Å². The number of sulfonamides is 1. The summed E-state index contributed by atoms with van der Waals surface area (Å²) in [6.07, 6.45) is 2.97. The number of alkyl halides is 1. The lowest BCUT2D eigenvalue weighted by Crippen LogP contribution is -2.17. The molecule has 0 atom stereocenters. The second kappa shape index (κ2) is 7.55. The molecule has 1 rings (SSSR count). The molecule has 5 nitrogen and oxygen atoms in total. The molecule has 0 spiro atoms. The van der Waals surface area contributed by atoms with E-state index in [9.17, 15) is 12.8 Å². The van der Waals surface area contributed by atoms with Crippen LogP contribution in [-0.4, -0.2) is 19.8 Å². The van der Waals surface area contributed by atoms with Gasteiger partial charge in [-0.05, 0) is 50.6 Å². The molecule has 0 saturated carbocycles. The average Bonchev–Trinajstić information content (AvgIpc) is 2.48. The zero-order valence-electron chi connectivity index (χ0n) is 14.0. The smallest absolute Gasteiger partial charge is 0.238 e. The van der Waals surface area contributed by atoms with Gasteiger partial charge in [0, 0.05) is 17.6 Å². The number of nitrogens with two attached hydrogens (primary N) is 1. The van der Waals surface area contributed by atoms with Crippen LogP contribution in [0.15, 0.2) is 70.9 Å². The molecule has 0 aliphatic heterocycles. The second-order valence-corrected chi connectivity index (χ2v) is 7.20. The van der Waals surface area contributed by atoms with E-state index in [-0.39, 0.29) is 10.6 Å². The Morgan fingerprint density at radius 2 is 1.88 bits per heavy atom. The molecule has 0 aliphatic rings. The van der Waals surface area contributed by atoms with Gasteiger partial charge in [0.1, 0.15) is 5.67 Å². The van der Waals surface area contributed by atoms with Gasteiger partial charge in [-0.25, -0.2) is 17.9 Å². The topological polar surface area (TPSA) is 84.5 Å². The van der Waals surface area contributed by atoms with E-state index in [2.05, 4.69) is 23.5 Å². The molecule has 1 aromatic rings. The van der Waals surface area contributed by atoms with Crippen LogP contribution in [-0.2, 0) is 10.0 Å². The highest BCUT2D eigenvalue weighted by molar-refractivity contribution is 7.89. The van der Waals surface area contributed by atoms with E-state index < -0.39 is 15.7 Å². The van der Waals surface area contributed by atoms with Gasteiger partial charge in [0.05, 0.1) is 10.6 Å². The van der Waals surface area contributed by atoms with Gasteiger partial charge in [0.2, 0.25) is 10.0 Å². The van der Waals surface area contributed by atoms with Crippen molar-refractivity contribution in [2.24, 2.45) is 10.1 Å². The molecule has 0 bridgehead atoms. The molecule has 0 aliphatic carbocycles. The maximum atomic E-state index is 14.3. The Morgan fingerprint density at radius 3 is 2.29 bits per heavy atom. The quantitative estimate of drug-likeness (QED) is 0.582. The van der Waals surface area contributed by atoms with Crippen LogP contribution >= 0.6 is 0 Å². The van der Waals surface area contributed by atoms with Gasteiger partial charge >= 0.3 is 0 Å². The summed E-state index contributed by atoms with van der Waals surface area (Å²) in [4.78, 5) is 4.24. The standard InChI is InChI=1S/C17H22FN3O2S/c1-6-12(2)13(3)21-16(17(4,5)18)11-20-14-7-9-15(10-8-14)24(19,22)23/h6-11,20H,1-2H2,3-5H3,(H2,19,22,23)/b16-11-,21-13?. The molecule has 0 amide bonds. The van der Waals surface area contributed by atoms with Gasteiger partial charge in [0.25, 0.3) is 0 Å². The van der Waals surface area contributed by atoms with Crippen molar-refractivity contribution in [3.8, 4) is 0 Å². The Bertz CT molecular complexity index is 786. The summed E-state index contributed by atoms with van der Waals surface area (Å²) in [5.74, 6) is 0. The molecular weight excluding hydrogens is 329 g/mol. The van der Waals surface area contributed by atoms with Gasteiger partial charge in [-0.15, -0.1) is 0 Å². The van der Waals surface area contributed by atoms with E-state index >= 15 is 0 Å². The predicted molar refractivity (Wildman–Crippen MR) is 97.2 cm³/mol. The molecule has 1 aromatic carbocycles. The predicted octanol–water partition coefficient (Wildman–Crippen LogP) is 3.54. The minimum atomic E-state index is -3.75. The second-order valence-electron chi connectivity index (χ2n) is 5.64. The SMILES string of the molecule is C=CC(=C)C(C)=N/C(=C\Nc1ccc(S(N)(=O)=O)cc1)C(C)(C)F. The summed E-state index contributed by atoms with van der Waals surface area (Å²) in [5.41, 5.74) is 0.199. The summed E-state index contributed by atoms with van der Waals surface area (Å²) in [5, 5.41) is 7.93. The first-order valence-corrected chi connectivity index (χ1v) is 8.65. The van der Waals surface area contributed by atoms with Crippen LogP contribution in [0.1, 0.15) is 20.8 Å². The van der Waals surface area contributed by atoms with E-state index in [1.807, 2.05) is 0 Å². The number of aliphatic imine (C=N–C) groups is 1. The number of hydrogen-bond acceptors (Lipinski definition) is 4. The van der Waals surface area contributed by atoms with Crippen molar-refractivity contribution in [1.29, 1.82) is 0 Å². The Hall–Kier alpha value is -2.25. The van der Waals surface area contributed by atoms with E-state index in [0.717, 1.165) is 0 Å². The maximum Gasteiger partial charge on any atom is 0.238 e. The first kappa shape index (κ1) is 19.8. The normalized spacial score (nSPS) is 13.5. The highest BCUT2D eigenvalue weighted by Gasteiger charge is 2.22. The lowest BCUT2D eigenvalue weighted by Gasteiger charge is -2.16. The third-order valence-corrected chi connectivity index (χ3v) is 4.10. The summed E-state index contributed by atoms with van der Waals surface area (Å²) < 4.78 is 36.8. The monoisotopic (exact) mass is 351 g/mol. The fraction of sp³-hybridized carbons (Fsp3) is 0.235. The first-order valence-electron chi connectivity index (χ1n) is 7.11. The molecular formula is C17H22FN3O2S. The number of anilines is 1. The van der Waals surface area contributed by atoms with E-state index in [1.165, 1.54) is 44.3 Å². The lowest BCUT2D eigenvalue weighted by molar-refractivity contribution is 0.266. The van der Waals surface area contributed by atoms with Crippen molar-refractivity contribution in [3.63, 3.8) is 0 Å². The molecule has 0 saturated heterocycles. The Balaban J connectivity index is 3.09. The van der Waals surface area contributed by atoms with Crippen molar-refractivity contribution < 1.29 is 12.8 Å². The van der Waals surface area contributed by atoms with Gasteiger partial charge in [-0.1, -0.05) is 19.2 Å². The fourth-order valence-electron chi connectivity index (χ4n) is 1.63. The average molecular weight is 351 g/mol. The first-order chi connectivity index (χ1) is 10.9. The van der Waals surface area contributed by atoms with E-state index in [0.29, 0.717) is 17.0 Å². The number of nitrogens with one attached hydrogen (secondary N) is 1. The molecule has 3 N–H and O–H groups in total. The molecule has 0 fully saturated rings. The van der Waals surface area contributed by atoms with E-state index in [1.54, 1.807) is 13.0 Å². The minimum Gasteiger partial charge on any atom is -0.360 e. The van der Waals surface area contributed by atoms with Crippen molar-refractivity contribution in [1.82, 2.24) is 0 Å². The Morgan fingerprint density at radius 1 is 1.33 bits per heavy atom. The summed E-state index contributed by atoms with van der Waals surface area (Å²) in [6, 6.07) is 5.77. The summed E-state index contributed by atoms with van der Waals surface area (Å²) in [7, 11) is -3.75. The molecule has 130 valence electrons. The summed E-state index contributed by atoms with van der Waals surface area (Å²) in [6.45, 7) is 11.9. The molecule has 0 radical (unpaired) electrons.